The summed E-state index contributed by atoms with van der Waals surface area (Å²) < 4.78 is 6.49. The number of H-pyrrole nitrogens is 1. The molecule has 6 nitrogen and oxygen atoms in total. The smallest absolute Gasteiger partial charge is 0.312 e. The summed E-state index contributed by atoms with van der Waals surface area (Å²) in [6.07, 6.45) is 0. The minimum atomic E-state index is -0.220. The summed E-state index contributed by atoms with van der Waals surface area (Å²) in [7, 11) is 0. The molecule has 0 radical (unpaired) electrons. The van der Waals surface area contributed by atoms with E-state index in [1.54, 1.807) is 0 Å². The van der Waals surface area contributed by atoms with Crippen LogP contribution in [-0.2, 0) is 0 Å². The van der Waals surface area contributed by atoms with Gasteiger partial charge in [0.05, 0.1) is 12.3 Å². The van der Waals surface area contributed by atoms with E-state index in [0.717, 1.165) is 5.56 Å². The molecule has 0 fully saturated rings. The number of rotatable bonds is 3. The van der Waals surface area contributed by atoms with Crippen LogP contribution in [0.3, 0.4) is 0 Å². The highest BCUT2D eigenvalue weighted by atomic mass is 16.5. The van der Waals surface area contributed by atoms with Gasteiger partial charge < -0.3 is 4.74 Å². The average Bonchev–Trinajstić information content (AvgIpc) is 2.83. The van der Waals surface area contributed by atoms with E-state index in [2.05, 4.69) is 15.1 Å². The second-order valence-corrected chi connectivity index (χ2v) is 3.94. The lowest BCUT2D eigenvalue weighted by atomic mass is 10.1. The van der Waals surface area contributed by atoms with Gasteiger partial charge in [-0.1, -0.05) is 30.3 Å². The highest BCUT2D eigenvalue weighted by Crippen LogP contribution is 2.15. The molecule has 3 aromatic rings. The van der Waals surface area contributed by atoms with Gasteiger partial charge in [0.25, 0.3) is 11.3 Å². The average molecular weight is 256 g/mol. The topological polar surface area (TPSA) is 72.3 Å². The molecule has 0 amide bonds. The third kappa shape index (κ3) is 2.08. The molecule has 1 aromatic carbocycles. The van der Waals surface area contributed by atoms with Crippen molar-refractivity contribution in [3.05, 3.63) is 46.8 Å². The van der Waals surface area contributed by atoms with E-state index in [9.17, 15) is 4.79 Å². The van der Waals surface area contributed by atoms with Crippen molar-refractivity contribution in [2.75, 3.05) is 6.61 Å². The number of nitrogens with zero attached hydrogens (tertiary/aromatic N) is 3. The molecule has 3 rings (SSSR count). The van der Waals surface area contributed by atoms with E-state index in [1.165, 1.54) is 10.6 Å². The van der Waals surface area contributed by atoms with Crippen LogP contribution in [0.25, 0.3) is 17.0 Å². The first-order chi connectivity index (χ1) is 9.28. The third-order valence-corrected chi connectivity index (χ3v) is 2.66. The monoisotopic (exact) mass is 256 g/mol. The van der Waals surface area contributed by atoms with Crippen LogP contribution >= 0.6 is 0 Å². The standard InChI is InChI=1S/C13H12N4O2/c1-2-19-13-15-12-14-10(8-11(18)17(12)16-13)9-6-4-3-5-7-9/h3-8H,2H2,1H3,(H,14,15,16). The maximum absolute atomic E-state index is 12.0. The zero-order chi connectivity index (χ0) is 13.2. The highest BCUT2D eigenvalue weighted by molar-refractivity contribution is 5.60. The van der Waals surface area contributed by atoms with Crippen LogP contribution in [0.15, 0.2) is 41.2 Å². The lowest BCUT2D eigenvalue weighted by Crippen LogP contribution is -2.14. The van der Waals surface area contributed by atoms with E-state index >= 15 is 0 Å². The number of fused-ring (bicyclic) bond motifs is 1. The molecule has 0 bridgehead atoms. The van der Waals surface area contributed by atoms with Gasteiger partial charge in [-0.15, -0.1) is 0 Å². The van der Waals surface area contributed by atoms with Gasteiger partial charge in [-0.2, -0.15) is 9.50 Å². The molecule has 2 heterocycles. The number of ether oxygens (including phenoxy) is 1. The highest BCUT2D eigenvalue weighted by Gasteiger charge is 2.09. The Morgan fingerprint density at radius 2 is 2.05 bits per heavy atom. The largest absolute Gasteiger partial charge is 0.464 e. The third-order valence-electron chi connectivity index (χ3n) is 2.66. The second kappa shape index (κ2) is 4.56. The van der Waals surface area contributed by atoms with Crippen molar-refractivity contribution in [2.24, 2.45) is 0 Å². The molecule has 0 spiro atoms. The summed E-state index contributed by atoms with van der Waals surface area (Å²) in [5.74, 6) is 0.301. The van der Waals surface area contributed by atoms with Gasteiger partial charge in [0, 0.05) is 11.6 Å². The fourth-order valence-corrected chi connectivity index (χ4v) is 1.82. The van der Waals surface area contributed by atoms with E-state index in [4.69, 9.17) is 4.74 Å². The Bertz CT molecular complexity index is 761. The molecule has 0 aliphatic heterocycles. The van der Waals surface area contributed by atoms with Crippen LogP contribution in [0.5, 0.6) is 6.01 Å². The molecule has 0 unspecified atom stereocenters. The van der Waals surface area contributed by atoms with Crippen molar-refractivity contribution in [1.82, 2.24) is 19.6 Å². The Hall–Kier alpha value is -2.63. The fourth-order valence-electron chi connectivity index (χ4n) is 1.82. The molecule has 6 heteroatoms. The predicted molar refractivity (Wildman–Crippen MR) is 70.2 cm³/mol. The van der Waals surface area contributed by atoms with Gasteiger partial charge in [-0.3, -0.25) is 4.79 Å². The van der Waals surface area contributed by atoms with E-state index in [1.807, 2.05) is 37.3 Å². The van der Waals surface area contributed by atoms with E-state index in [-0.39, 0.29) is 11.6 Å². The van der Waals surface area contributed by atoms with Crippen LogP contribution in [-0.4, -0.2) is 26.2 Å². The molecule has 0 aliphatic rings. The summed E-state index contributed by atoms with van der Waals surface area (Å²) >= 11 is 0. The second-order valence-electron chi connectivity index (χ2n) is 3.94. The van der Waals surface area contributed by atoms with Crippen LogP contribution in [0.4, 0.5) is 0 Å². The maximum atomic E-state index is 12.0. The van der Waals surface area contributed by atoms with Crippen molar-refractivity contribution in [1.29, 1.82) is 0 Å². The first-order valence-corrected chi connectivity index (χ1v) is 5.96. The van der Waals surface area contributed by atoms with Gasteiger partial charge in [-0.25, -0.2) is 10.1 Å². The molecular weight excluding hydrogens is 244 g/mol. The Balaban J connectivity index is 2.16. The molecular formula is C13H12N4O2. The number of aromatic amines is 1. The molecule has 19 heavy (non-hydrogen) atoms. The SMILES string of the molecule is CCOc1nc2nc(-c3ccccc3)cc(=O)n2[nH]1. The van der Waals surface area contributed by atoms with Crippen molar-refractivity contribution in [3.8, 4) is 17.3 Å². The number of hydrogen-bond donors (Lipinski definition) is 1. The Morgan fingerprint density at radius 3 is 2.79 bits per heavy atom. The number of aromatic nitrogens is 4. The van der Waals surface area contributed by atoms with Gasteiger partial charge in [0.1, 0.15) is 0 Å². The molecule has 2 aromatic heterocycles. The first-order valence-electron chi connectivity index (χ1n) is 5.96. The maximum Gasteiger partial charge on any atom is 0.312 e. The summed E-state index contributed by atoms with van der Waals surface area (Å²) in [6, 6.07) is 11.3. The molecule has 0 atom stereocenters. The zero-order valence-electron chi connectivity index (χ0n) is 10.3. The number of nitrogens with one attached hydrogen (secondary N) is 1. The molecule has 0 saturated heterocycles. The minimum Gasteiger partial charge on any atom is -0.464 e. The first kappa shape index (κ1) is 11.5. The lowest BCUT2D eigenvalue weighted by Gasteiger charge is -1.99. The Labute approximate surface area is 108 Å². The normalized spacial score (nSPS) is 10.8. The van der Waals surface area contributed by atoms with Crippen LogP contribution in [0, 0.1) is 0 Å². The summed E-state index contributed by atoms with van der Waals surface area (Å²) in [5, 5.41) is 2.75. The summed E-state index contributed by atoms with van der Waals surface area (Å²) in [4.78, 5) is 20.5. The molecule has 1 N–H and O–H groups in total. The Morgan fingerprint density at radius 1 is 1.26 bits per heavy atom. The van der Waals surface area contributed by atoms with Crippen molar-refractivity contribution < 1.29 is 4.74 Å². The van der Waals surface area contributed by atoms with Crippen molar-refractivity contribution >= 4 is 5.78 Å². The molecule has 0 aliphatic carbocycles. The van der Waals surface area contributed by atoms with Crippen molar-refractivity contribution in [3.63, 3.8) is 0 Å². The van der Waals surface area contributed by atoms with Gasteiger partial charge in [0.2, 0.25) is 0 Å². The zero-order valence-corrected chi connectivity index (χ0v) is 10.3. The van der Waals surface area contributed by atoms with Gasteiger partial charge >= 0.3 is 6.01 Å². The Kier molecular flexibility index (Phi) is 2.75. The van der Waals surface area contributed by atoms with E-state index < -0.39 is 0 Å². The molecule has 96 valence electrons. The van der Waals surface area contributed by atoms with Crippen LogP contribution in [0.2, 0.25) is 0 Å². The summed E-state index contributed by atoms with van der Waals surface area (Å²) in [6.45, 7) is 2.32. The van der Waals surface area contributed by atoms with Gasteiger partial charge in [-0.05, 0) is 6.92 Å². The van der Waals surface area contributed by atoms with Crippen LogP contribution in [0.1, 0.15) is 6.92 Å². The van der Waals surface area contributed by atoms with E-state index in [0.29, 0.717) is 18.1 Å². The van der Waals surface area contributed by atoms with Gasteiger partial charge in [0.15, 0.2) is 0 Å². The predicted octanol–water partition coefficient (Wildman–Crippen LogP) is 1.48. The van der Waals surface area contributed by atoms with Crippen molar-refractivity contribution in [2.45, 2.75) is 6.92 Å². The number of benzene rings is 1. The lowest BCUT2D eigenvalue weighted by molar-refractivity contribution is 0.313. The number of hydrogen-bond acceptors (Lipinski definition) is 4. The fraction of sp³-hybridized carbons (Fsp3) is 0.154. The summed E-state index contributed by atoms with van der Waals surface area (Å²) in [5.41, 5.74) is 1.26. The minimum absolute atomic E-state index is 0.220. The molecule has 0 saturated carbocycles. The quantitative estimate of drug-likeness (QED) is 0.770. The van der Waals surface area contributed by atoms with Crippen LogP contribution < -0.4 is 10.3 Å².